The maximum Gasteiger partial charge on any atom is 0.0484 e. The minimum atomic E-state index is 0.354. The predicted molar refractivity (Wildman–Crippen MR) is 71.0 cm³/mol. The molecule has 0 spiro atoms. The fourth-order valence-electron chi connectivity index (χ4n) is 2.08. The van der Waals surface area contributed by atoms with Crippen LogP contribution in [0.15, 0.2) is 36.4 Å². The Labute approximate surface area is 101 Å². The Morgan fingerprint density at radius 1 is 1.12 bits per heavy atom. The lowest BCUT2D eigenvalue weighted by Gasteiger charge is -2.16. The van der Waals surface area contributed by atoms with E-state index < -0.39 is 0 Å². The Kier molecular flexibility index (Phi) is 3.47. The van der Waals surface area contributed by atoms with Crippen molar-refractivity contribution in [2.45, 2.75) is 19.9 Å². The molecule has 1 unspecified atom stereocenters. The second-order valence-electron chi connectivity index (χ2n) is 3.96. The van der Waals surface area contributed by atoms with E-state index in [9.17, 15) is 0 Å². The van der Waals surface area contributed by atoms with Gasteiger partial charge < -0.3 is 5.32 Å². The van der Waals surface area contributed by atoms with Gasteiger partial charge in [0.15, 0.2) is 0 Å². The minimum Gasteiger partial charge on any atom is -0.310 e. The van der Waals surface area contributed by atoms with Gasteiger partial charge in [0.2, 0.25) is 0 Å². The van der Waals surface area contributed by atoms with Gasteiger partial charge in [-0.25, -0.2) is 0 Å². The standard InChI is InChI=1S/C14H16ClN/c1-3-16-10(2)11-8-9-14(15)13-7-5-4-6-12(11)13/h4-10,16H,3H2,1-2H3. The number of rotatable bonds is 3. The Morgan fingerprint density at radius 3 is 2.50 bits per heavy atom. The molecule has 1 N–H and O–H groups in total. The number of nitrogens with one attached hydrogen (secondary N) is 1. The molecule has 0 heterocycles. The molecule has 0 aliphatic rings. The number of hydrogen-bond acceptors (Lipinski definition) is 1. The topological polar surface area (TPSA) is 12.0 Å². The van der Waals surface area contributed by atoms with Crippen LogP contribution < -0.4 is 5.32 Å². The number of hydrogen-bond donors (Lipinski definition) is 1. The van der Waals surface area contributed by atoms with Gasteiger partial charge in [0.1, 0.15) is 0 Å². The van der Waals surface area contributed by atoms with Gasteiger partial charge >= 0.3 is 0 Å². The van der Waals surface area contributed by atoms with Gasteiger partial charge in [0, 0.05) is 16.5 Å². The molecule has 0 aromatic heterocycles. The lowest BCUT2D eigenvalue weighted by molar-refractivity contribution is 0.602. The summed E-state index contributed by atoms with van der Waals surface area (Å²) in [6.07, 6.45) is 0. The molecular weight excluding hydrogens is 218 g/mol. The number of halogens is 1. The van der Waals surface area contributed by atoms with Crippen LogP contribution in [0.25, 0.3) is 10.8 Å². The van der Waals surface area contributed by atoms with Crippen molar-refractivity contribution in [2.24, 2.45) is 0 Å². The van der Waals surface area contributed by atoms with E-state index in [1.54, 1.807) is 0 Å². The van der Waals surface area contributed by atoms with E-state index in [-0.39, 0.29) is 0 Å². The maximum absolute atomic E-state index is 6.19. The van der Waals surface area contributed by atoms with Crippen LogP contribution in [0.1, 0.15) is 25.5 Å². The summed E-state index contributed by atoms with van der Waals surface area (Å²) in [6, 6.07) is 12.7. The highest BCUT2D eigenvalue weighted by Crippen LogP contribution is 2.29. The van der Waals surface area contributed by atoms with Crippen LogP contribution in [0.4, 0.5) is 0 Å². The van der Waals surface area contributed by atoms with Crippen LogP contribution in [0, 0.1) is 0 Å². The monoisotopic (exact) mass is 233 g/mol. The number of fused-ring (bicyclic) bond motifs is 1. The molecule has 2 aromatic carbocycles. The number of benzene rings is 2. The van der Waals surface area contributed by atoms with Crippen molar-refractivity contribution in [1.82, 2.24) is 5.32 Å². The average Bonchev–Trinajstić information content (AvgIpc) is 2.30. The van der Waals surface area contributed by atoms with E-state index in [0.29, 0.717) is 6.04 Å². The molecule has 0 saturated carbocycles. The molecule has 0 aliphatic heterocycles. The van der Waals surface area contributed by atoms with E-state index in [1.807, 2.05) is 12.1 Å². The van der Waals surface area contributed by atoms with Crippen molar-refractivity contribution in [3.63, 3.8) is 0 Å². The van der Waals surface area contributed by atoms with Gasteiger partial charge in [-0.3, -0.25) is 0 Å². The Morgan fingerprint density at radius 2 is 1.81 bits per heavy atom. The summed E-state index contributed by atoms with van der Waals surface area (Å²) in [4.78, 5) is 0. The first-order valence-corrected chi connectivity index (χ1v) is 6.02. The van der Waals surface area contributed by atoms with Crippen molar-refractivity contribution in [3.8, 4) is 0 Å². The molecule has 0 amide bonds. The first-order valence-electron chi connectivity index (χ1n) is 5.64. The quantitative estimate of drug-likeness (QED) is 0.839. The van der Waals surface area contributed by atoms with Gasteiger partial charge in [0.25, 0.3) is 0 Å². The second kappa shape index (κ2) is 4.86. The van der Waals surface area contributed by atoms with Crippen LogP contribution in [0.3, 0.4) is 0 Å². The van der Waals surface area contributed by atoms with Crippen LogP contribution in [0.5, 0.6) is 0 Å². The highest BCUT2D eigenvalue weighted by molar-refractivity contribution is 6.35. The van der Waals surface area contributed by atoms with Crippen LogP contribution in [-0.2, 0) is 0 Å². The molecular formula is C14H16ClN. The SMILES string of the molecule is CCNC(C)c1ccc(Cl)c2ccccc12. The van der Waals surface area contributed by atoms with Gasteiger partial charge in [0.05, 0.1) is 0 Å². The molecule has 16 heavy (non-hydrogen) atoms. The fourth-order valence-corrected chi connectivity index (χ4v) is 2.31. The lowest BCUT2D eigenvalue weighted by atomic mass is 9.99. The molecule has 2 aromatic rings. The fraction of sp³-hybridized carbons (Fsp3) is 0.286. The van der Waals surface area contributed by atoms with E-state index in [4.69, 9.17) is 11.6 Å². The van der Waals surface area contributed by atoms with E-state index in [2.05, 4.69) is 43.4 Å². The molecule has 0 radical (unpaired) electrons. The first kappa shape index (κ1) is 11.4. The molecule has 2 heteroatoms. The zero-order valence-electron chi connectivity index (χ0n) is 9.63. The molecule has 0 fully saturated rings. The van der Waals surface area contributed by atoms with Crippen molar-refractivity contribution >= 4 is 22.4 Å². The Hall–Kier alpha value is -1.05. The predicted octanol–water partition coefficient (Wildman–Crippen LogP) is 4.16. The summed E-state index contributed by atoms with van der Waals surface area (Å²) < 4.78 is 0. The van der Waals surface area contributed by atoms with Gasteiger partial charge in [-0.1, -0.05) is 48.9 Å². The van der Waals surface area contributed by atoms with E-state index in [0.717, 1.165) is 17.0 Å². The van der Waals surface area contributed by atoms with Crippen molar-refractivity contribution in [2.75, 3.05) is 6.54 Å². The van der Waals surface area contributed by atoms with E-state index in [1.165, 1.54) is 10.9 Å². The zero-order chi connectivity index (χ0) is 11.5. The van der Waals surface area contributed by atoms with Crippen molar-refractivity contribution < 1.29 is 0 Å². The molecule has 2 rings (SSSR count). The highest BCUT2D eigenvalue weighted by atomic mass is 35.5. The third kappa shape index (κ3) is 2.06. The Balaban J connectivity index is 2.58. The molecule has 0 saturated heterocycles. The largest absolute Gasteiger partial charge is 0.310 e. The van der Waals surface area contributed by atoms with Crippen molar-refractivity contribution in [1.29, 1.82) is 0 Å². The summed E-state index contributed by atoms with van der Waals surface area (Å²) in [6.45, 7) is 5.27. The molecule has 0 aliphatic carbocycles. The van der Waals surface area contributed by atoms with E-state index >= 15 is 0 Å². The summed E-state index contributed by atoms with van der Waals surface area (Å²) in [7, 11) is 0. The first-order chi connectivity index (χ1) is 7.74. The highest BCUT2D eigenvalue weighted by Gasteiger charge is 2.09. The third-order valence-electron chi connectivity index (χ3n) is 2.88. The van der Waals surface area contributed by atoms with Gasteiger partial charge in [-0.05, 0) is 30.5 Å². The zero-order valence-corrected chi connectivity index (χ0v) is 10.4. The van der Waals surface area contributed by atoms with Crippen LogP contribution >= 0.6 is 11.6 Å². The van der Waals surface area contributed by atoms with Gasteiger partial charge in [-0.15, -0.1) is 0 Å². The molecule has 84 valence electrons. The Bertz CT molecular complexity index is 493. The summed E-state index contributed by atoms with van der Waals surface area (Å²) in [5, 5.41) is 6.62. The normalized spacial score (nSPS) is 12.9. The average molecular weight is 234 g/mol. The summed E-state index contributed by atoms with van der Waals surface area (Å²) in [5.74, 6) is 0. The third-order valence-corrected chi connectivity index (χ3v) is 3.21. The summed E-state index contributed by atoms with van der Waals surface area (Å²) >= 11 is 6.19. The van der Waals surface area contributed by atoms with Crippen LogP contribution in [0.2, 0.25) is 5.02 Å². The summed E-state index contributed by atoms with van der Waals surface area (Å²) in [5.41, 5.74) is 1.31. The van der Waals surface area contributed by atoms with Crippen LogP contribution in [-0.4, -0.2) is 6.54 Å². The smallest absolute Gasteiger partial charge is 0.0484 e. The molecule has 0 bridgehead atoms. The maximum atomic E-state index is 6.19. The second-order valence-corrected chi connectivity index (χ2v) is 4.37. The molecule has 1 nitrogen and oxygen atoms in total. The van der Waals surface area contributed by atoms with Gasteiger partial charge in [-0.2, -0.15) is 0 Å². The molecule has 1 atom stereocenters. The lowest BCUT2D eigenvalue weighted by Crippen LogP contribution is -2.17. The minimum absolute atomic E-state index is 0.354. The van der Waals surface area contributed by atoms with Crippen molar-refractivity contribution in [3.05, 3.63) is 47.0 Å².